The van der Waals surface area contributed by atoms with Crippen LogP contribution in [0.15, 0.2) is 36.4 Å². The minimum absolute atomic E-state index is 0. The first-order valence-corrected chi connectivity index (χ1v) is 7.19. The molecule has 0 aliphatic carbocycles. The van der Waals surface area contributed by atoms with Gasteiger partial charge in [0.15, 0.2) is 17.4 Å². The van der Waals surface area contributed by atoms with Gasteiger partial charge < -0.3 is 9.64 Å². The number of benzene rings is 1. The van der Waals surface area contributed by atoms with Crippen LogP contribution in [0, 0.1) is 18.2 Å². The standard InChI is InChI=1S/C17H15FN3O.K.H/c1-2-13-7-8-17(20-19-13)21-11-9-14(10-12-21)22-16-6-4-3-5-15(16)18;;/h3-8,14H,9-12H2;;. The van der Waals surface area contributed by atoms with Crippen LogP contribution >= 0.6 is 0 Å². The minimum atomic E-state index is -0.325. The number of rotatable bonds is 3. The van der Waals surface area contributed by atoms with E-state index in [4.69, 9.17) is 11.2 Å². The molecule has 2 aromatic rings. The van der Waals surface area contributed by atoms with Crippen LogP contribution in [0.1, 0.15) is 18.5 Å². The molecule has 0 saturated carbocycles. The Balaban J connectivity index is 0.00000192. The molecule has 0 spiro atoms. The Morgan fingerprint density at radius 3 is 2.48 bits per heavy atom. The zero-order valence-electron chi connectivity index (χ0n) is 12.0. The topological polar surface area (TPSA) is 38.2 Å². The van der Waals surface area contributed by atoms with Crippen LogP contribution in [0.5, 0.6) is 5.75 Å². The fraction of sp³-hybridized carbons (Fsp3) is 0.294. The van der Waals surface area contributed by atoms with Gasteiger partial charge in [0.25, 0.3) is 0 Å². The molecule has 4 nitrogen and oxygen atoms in total. The Morgan fingerprint density at radius 2 is 1.87 bits per heavy atom. The molecule has 113 valence electrons. The molecule has 1 aliphatic heterocycles. The van der Waals surface area contributed by atoms with E-state index in [9.17, 15) is 4.39 Å². The molecule has 0 atom stereocenters. The van der Waals surface area contributed by atoms with Crippen molar-refractivity contribution in [1.29, 1.82) is 0 Å². The van der Waals surface area contributed by atoms with E-state index in [2.05, 4.69) is 21.0 Å². The van der Waals surface area contributed by atoms with Crippen molar-refractivity contribution in [2.75, 3.05) is 18.0 Å². The van der Waals surface area contributed by atoms with E-state index in [0.717, 1.165) is 31.7 Å². The molecule has 0 unspecified atom stereocenters. The van der Waals surface area contributed by atoms with Crippen LogP contribution in [-0.4, -0.2) is 80.8 Å². The average Bonchev–Trinajstić information content (AvgIpc) is 2.58. The summed E-state index contributed by atoms with van der Waals surface area (Å²) in [5, 5.41) is 7.99. The number of nitrogens with zero attached hydrogens (tertiary/aromatic N) is 3. The van der Waals surface area contributed by atoms with Crippen molar-refractivity contribution in [3.8, 4) is 11.7 Å². The molecule has 0 N–H and O–H groups in total. The number of anilines is 1. The molecule has 1 aliphatic rings. The van der Waals surface area contributed by atoms with E-state index in [1.165, 1.54) is 6.07 Å². The summed E-state index contributed by atoms with van der Waals surface area (Å²) in [4.78, 5) is 2.11. The normalized spacial score (nSPS) is 14.7. The van der Waals surface area contributed by atoms with Crippen LogP contribution < -0.4 is 9.64 Å². The first-order chi connectivity index (χ1) is 10.8. The molecule has 0 bridgehead atoms. The summed E-state index contributed by atoms with van der Waals surface area (Å²) < 4.78 is 19.3. The fourth-order valence-corrected chi connectivity index (χ4v) is 2.48. The summed E-state index contributed by atoms with van der Waals surface area (Å²) in [6.07, 6.45) is 8.61. The summed E-state index contributed by atoms with van der Waals surface area (Å²) >= 11 is 0. The molecule has 1 saturated heterocycles. The average molecular weight is 336 g/mol. The monoisotopic (exact) mass is 336 g/mol. The molecule has 6 heteroatoms. The number of halogens is 1. The van der Waals surface area contributed by atoms with E-state index in [1.54, 1.807) is 24.3 Å². The quantitative estimate of drug-likeness (QED) is 0.634. The third-order valence-corrected chi connectivity index (χ3v) is 3.67. The summed E-state index contributed by atoms with van der Waals surface area (Å²) in [5.74, 6) is 2.97. The van der Waals surface area contributed by atoms with Crippen molar-refractivity contribution in [3.05, 3.63) is 54.3 Å². The van der Waals surface area contributed by atoms with Crippen molar-refractivity contribution in [2.45, 2.75) is 18.9 Å². The zero-order valence-corrected chi connectivity index (χ0v) is 12.0. The summed E-state index contributed by atoms with van der Waals surface area (Å²) in [6.45, 7) is 1.56. The van der Waals surface area contributed by atoms with Gasteiger partial charge in [-0.1, -0.05) is 12.1 Å². The first kappa shape index (κ1) is 18.4. The predicted molar refractivity (Wildman–Crippen MR) is 87.7 cm³/mol. The van der Waals surface area contributed by atoms with Gasteiger partial charge >= 0.3 is 51.4 Å². The maximum absolute atomic E-state index is 13.6. The fourth-order valence-electron chi connectivity index (χ4n) is 2.48. The number of hydrogen-bond acceptors (Lipinski definition) is 4. The summed E-state index contributed by atoms with van der Waals surface area (Å²) in [5.41, 5.74) is 0.418. The second-order valence-corrected chi connectivity index (χ2v) is 5.14. The molecule has 3 rings (SSSR count). The van der Waals surface area contributed by atoms with Gasteiger partial charge in [0, 0.05) is 25.9 Å². The Bertz CT molecular complexity index is 679. The Kier molecular flexibility index (Phi) is 7.00. The van der Waals surface area contributed by atoms with Crippen LogP contribution in [0.3, 0.4) is 0 Å². The van der Waals surface area contributed by atoms with Crippen LogP contribution in [0.4, 0.5) is 10.2 Å². The number of ether oxygens (including phenoxy) is 1. The van der Waals surface area contributed by atoms with Crippen molar-refractivity contribution in [1.82, 2.24) is 10.2 Å². The van der Waals surface area contributed by atoms with Crippen LogP contribution in [0.2, 0.25) is 0 Å². The van der Waals surface area contributed by atoms with Crippen LogP contribution in [0.25, 0.3) is 0 Å². The summed E-state index contributed by atoms with van der Waals surface area (Å²) in [6, 6.07) is 10.0. The molecule has 2 heterocycles. The van der Waals surface area contributed by atoms with E-state index in [1.807, 2.05) is 6.07 Å². The van der Waals surface area contributed by atoms with Gasteiger partial charge in [-0.3, -0.25) is 0 Å². The molecule has 0 amide bonds. The Labute approximate surface area is 177 Å². The molecular weight excluding hydrogens is 320 g/mol. The third kappa shape index (κ3) is 4.75. The van der Waals surface area contributed by atoms with E-state index >= 15 is 0 Å². The van der Waals surface area contributed by atoms with Gasteiger partial charge in [0.05, 0.1) is 0 Å². The van der Waals surface area contributed by atoms with Gasteiger partial charge in [-0.2, -0.15) is 0 Å². The van der Waals surface area contributed by atoms with Gasteiger partial charge in [0.2, 0.25) is 0 Å². The van der Waals surface area contributed by atoms with Crippen LogP contribution in [-0.2, 0) is 0 Å². The van der Waals surface area contributed by atoms with E-state index < -0.39 is 0 Å². The summed E-state index contributed by atoms with van der Waals surface area (Å²) in [7, 11) is 0. The molecule has 1 aromatic carbocycles. The number of para-hydroxylation sites is 1. The second kappa shape index (κ2) is 8.76. The Morgan fingerprint density at radius 1 is 1.13 bits per heavy atom. The maximum atomic E-state index is 13.6. The third-order valence-electron chi connectivity index (χ3n) is 3.67. The molecule has 1 fully saturated rings. The van der Waals surface area contributed by atoms with Crippen molar-refractivity contribution in [2.24, 2.45) is 0 Å². The number of aromatic nitrogens is 2. The van der Waals surface area contributed by atoms with Crippen molar-refractivity contribution >= 4 is 57.2 Å². The molecular formula is C17H16FKN3O. The van der Waals surface area contributed by atoms with Gasteiger partial charge in [0.1, 0.15) is 11.8 Å². The van der Waals surface area contributed by atoms with Gasteiger partial charge in [-0.25, -0.2) is 4.39 Å². The SMILES string of the molecule is [C]#Cc1ccc(N2CCC(Oc3ccccc3F)CC2)nn1.[KH]. The van der Waals surface area contributed by atoms with Crippen molar-refractivity contribution in [3.63, 3.8) is 0 Å². The van der Waals surface area contributed by atoms with Gasteiger partial charge in [-0.05, 0) is 36.6 Å². The second-order valence-electron chi connectivity index (χ2n) is 5.14. The number of piperidine rings is 1. The number of hydrogen-bond donors (Lipinski definition) is 0. The van der Waals surface area contributed by atoms with Gasteiger partial charge in [-0.15, -0.1) is 10.2 Å². The van der Waals surface area contributed by atoms with Crippen molar-refractivity contribution < 1.29 is 9.13 Å². The Hall–Kier alpha value is -0.974. The molecule has 1 aromatic heterocycles. The van der Waals surface area contributed by atoms with E-state index in [0.29, 0.717) is 11.4 Å². The van der Waals surface area contributed by atoms with E-state index in [-0.39, 0.29) is 63.3 Å². The molecule has 1 radical (unpaired) electrons. The zero-order chi connectivity index (χ0) is 15.4. The predicted octanol–water partition coefficient (Wildman–Crippen LogP) is 1.95. The first-order valence-electron chi connectivity index (χ1n) is 7.19. The molecule has 23 heavy (non-hydrogen) atoms.